The second-order valence-electron chi connectivity index (χ2n) is 8.05. The van der Waals surface area contributed by atoms with Gasteiger partial charge in [0.15, 0.2) is 0 Å². The minimum absolute atomic E-state index is 0.302. The van der Waals surface area contributed by atoms with E-state index < -0.39 is 36.4 Å². The van der Waals surface area contributed by atoms with E-state index in [0.717, 1.165) is 28.6 Å². The fourth-order valence-electron chi connectivity index (χ4n) is 4.37. The quantitative estimate of drug-likeness (QED) is 0.553. The van der Waals surface area contributed by atoms with Crippen LogP contribution in [0, 0.1) is 5.82 Å². The molecule has 1 atom stereocenters. The molecule has 1 unspecified atom stereocenters. The molecule has 2 aromatic carbocycles. The van der Waals surface area contributed by atoms with Crippen LogP contribution in [-0.4, -0.2) is 41.0 Å². The molecule has 1 aliphatic heterocycles. The van der Waals surface area contributed by atoms with Crippen LogP contribution in [0.4, 0.5) is 17.6 Å². The average molecular weight is 461 g/mol. The Morgan fingerprint density at radius 2 is 1.97 bits per heavy atom. The highest BCUT2D eigenvalue weighted by Gasteiger charge is 2.39. The normalized spacial score (nSPS) is 16.0. The van der Waals surface area contributed by atoms with Gasteiger partial charge in [-0.25, -0.2) is 4.39 Å². The van der Waals surface area contributed by atoms with Gasteiger partial charge in [0.2, 0.25) is 5.91 Å². The van der Waals surface area contributed by atoms with E-state index in [1.807, 2.05) is 12.1 Å². The van der Waals surface area contributed by atoms with Crippen LogP contribution in [0.5, 0.6) is 0 Å². The average Bonchev–Trinajstić information content (AvgIpc) is 3.15. The summed E-state index contributed by atoms with van der Waals surface area (Å²) in [6.07, 6.45) is -3.88. The predicted molar refractivity (Wildman–Crippen MR) is 115 cm³/mol. The first-order valence-electron chi connectivity index (χ1n) is 10.7. The van der Waals surface area contributed by atoms with Crippen molar-refractivity contribution in [3.63, 3.8) is 0 Å². The van der Waals surface area contributed by atoms with Gasteiger partial charge < -0.3 is 15.2 Å². The molecule has 1 aliphatic rings. The van der Waals surface area contributed by atoms with E-state index in [4.69, 9.17) is 0 Å². The second kappa shape index (κ2) is 8.88. The highest BCUT2D eigenvalue weighted by Crippen LogP contribution is 2.39. The highest BCUT2D eigenvalue weighted by atomic mass is 19.4. The van der Waals surface area contributed by atoms with Crippen LogP contribution >= 0.6 is 0 Å². The van der Waals surface area contributed by atoms with Gasteiger partial charge in [0.1, 0.15) is 5.82 Å². The maximum atomic E-state index is 14.1. The summed E-state index contributed by atoms with van der Waals surface area (Å²) < 4.78 is 51.3. The molecule has 174 valence electrons. The topological polar surface area (TPSA) is 65.2 Å². The molecule has 3 aromatic rings. The molecule has 2 N–H and O–H groups in total. The smallest absolute Gasteiger partial charge is 0.356 e. The Hall–Kier alpha value is -3.36. The maximum absolute atomic E-state index is 14.1. The van der Waals surface area contributed by atoms with Gasteiger partial charge in [-0.1, -0.05) is 25.1 Å². The van der Waals surface area contributed by atoms with E-state index in [9.17, 15) is 27.2 Å². The number of carbonyl (C=O) groups is 2. The van der Waals surface area contributed by atoms with Gasteiger partial charge in [-0.05, 0) is 53.8 Å². The van der Waals surface area contributed by atoms with Crippen molar-refractivity contribution in [2.45, 2.75) is 38.4 Å². The van der Waals surface area contributed by atoms with Gasteiger partial charge in [0.05, 0.1) is 6.04 Å². The van der Waals surface area contributed by atoms with Gasteiger partial charge in [-0.3, -0.25) is 9.59 Å². The molecule has 5 nitrogen and oxygen atoms in total. The van der Waals surface area contributed by atoms with Crippen molar-refractivity contribution in [3.05, 3.63) is 70.7 Å². The Balaban J connectivity index is 1.67. The monoisotopic (exact) mass is 461 g/mol. The number of carbonyl (C=O) groups excluding carboxylic acids is 2. The molecular weight excluding hydrogens is 438 g/mol. The molecule has 0 saturated carbocycles. The summed E-state index contributed by atoms with van der Waals surface area (Å²) >= 11 is 0. The molecule has 4 rings (SSSR count). The number of rotatable bonds is 5. The Labute approximate surface area is 187 Å². The number of hydrogen-bond donors (Lipinski definition) is 2. The number of hydrogen-bond acceptors (Lipinski definition) is 2. The SMILES string of the molecule is CCc1ccc2[nH]c3c(c2c1)CCN(C(=O)CCNC(=O)C(F)(F)F)C3c1cccc(F)c1. The van der Waals surface area contributed by atoms with E-state index in [2.05, 4.69) is 18.0 Å². The fourth-order valence-corrected chi connectivity index (χ4v) is 4.37. The van der Waals surface area contributed by atoms with Crippen LogP contribution in [0.25, 0.3) is 10.9 Å². The van der Waals surface area contributed by atoms with Crippen molar-refractivity contribution < 1.29 is 27.2 Å². The Morgan fingerprint density at radius 1 is 1.18 bits per heavy atom. The molecule has 33 heavy (non-hydrogen) atoms. The van der Waals surface area contributed by atoms with Crippen molar-refractivity contribution in [2.24, 2.45) is 0 Å². The highest BCUT2D eigenvalue weighted by molar-refractivity contribution is 5.87. The summed E-state index contributed by atoms with van der Waals surface area (Å²) in [6, 6.07) is 11.4. The first kappa shape index (κ1) is 22.8. The van der Waals surface area contributed by atoms with Crippen LogP contribution in [-0.2, 0) is 22.4 Å². The lowest BCUT2D eigenvalue weighted by Gasteiger charge is -2.36. The molecule has 9 heteroatoms. The fraction of sp³-hybridized carbons (Fsp3) is 0.333. The molecule has 1 aromatic heterocycles. The number of amides is 2. The minimum Gasteiger partial charge on any atom is -0.356 e. The summed E-state index contributed by atoms with van der Waals surface area (Å²) in [7, 11) is 0. The number of H-pyrrole nitrogens is 1. The van der Waals surface area contributed by atoms with Gasteiger partial charge in [-0.15, -0.1) is 0 Å². The molecule has 0 bridgehead atoms. The summed E-state index contributed by atoms with van der Waals surface area (Å²) in [6.45, 7) is 1.94. The van der Waals surface area contributed by atoms with Crippen molar-refractivity contribution in [1.29, 1.82) is 0 Å². The van der Waals surface area contributed by atoms with Gasteiger partial charge in [-0.2, -0.15) is 13.2 Å². The Bertz CT molecular complexity index is 1200. The largest absolute Gasteiger partial charge is 0.471 e. The number of alkyl halides is 3. The van der Waals surface area contributed by atoms with Gasteiger partial charge >= 0.3 is 12.1 Å². The zero-order chi connectivity index (χ0) is 23.8. The van der Waals surface area contributed by atoms with Crippen molar-refractivity contribution in [2.75, 3.05) is 13.1 Å². The molecule has 2 amide bonds. The third-order valence-corrected chi connectivity index (χ3v) is 5.97. The van der Waals surface area contributed by atoms with E-state index in [0.29, 0.717) is 18.5 Å². The van der Waals surface area contributed by atoms with Crippen LogP contribution < -0.4 is 5.32 Å². The third kappa shape index (κ3) is 4.58. The van der Waals surface area contributed by atoms with E-state index in [-0.39, 0.29) is 6.42 Å². The number of fused-ring (bicyclic) bond motifs is 3. The Morgan fingerprint density at radius 3 is 2.67 bits per heavy atom. The summed E-state index contributed by atoms with van der Waals surface area (Å²) in [5.74, 6) is -2.96. The molecule has 0 aliphatic carbocycles. The zero-order valence-electron chi connectivity index (χ0n) is 17.9. The number of nitrogens with zero attached hydrogens (tertiary/aromatic N) is 1. The van der Waals surface area contributed by atoms with Crippen LogP contribution in [0.2, 0.25) is 0 Å². The van der Waals surface area contributed by atoms with Gasteiger partial charge in [0, 0.05) is 36.1 Å². The first-order chi connectivity index (χ1) is 15.7. The molecule has 0 saturated heterocycles. The van der Waals surface area contributed by atoms with Crippen molar-refractivity contribution in [3.8, 4) is 0 Å². The first-order valence-corrected chi connectivity index (χ1v) is 10.7. The van der Waals surface area contributed by atoms with E-state index >= 15 is 0 Å². The number of aromatic nitrogens is 1. The van der Waals surface area contributed by atoms with Crippen molar-refractivity contribution >= 4 is 22.7 Å². The zero-order valence-corrected chi connectivity index (χ0v) is 17.9. The summed E-state index contributed by atoms with van der Waals surface area (Å²) in [5, 5.41) is 2.78. The summed E-state index contributed by atoms with van der Waals surface area (Å²) in [4.78, 5) is 29.0. The maximum Gasteiger partial charge on any atom is 0.471 e. The van der Waals surface area contributed by atoms with Crippen LogP contribution in [0.3, 0.4) is 0 Å². The number of halogens is 4. The van der Waals surface area contributed by atoms with E-state index in [1.54, 1.807) is 17.4 Å². The second-order valence-corrected chi connectivity index (χ2v) is 8.05. The number of aromatic amines is 1. The molecular formula is C24H23F4N3O2. The number of nitrogens with one attached hydrogen (secondary N) is 2. The molecule has 0 spiro atoms. The lowest BCUT2D eigenvalue weighted by molar-refractivity contribution is -0.173. The minimum atomic E-state index is -5.01. The molecule has 0 fully saturated rings. The number of aryl methyl sites for hydroxylation is 1. The number of benzene rings is 2. The van der Waals surface area contributed by atoms with Crippen LogP contribution in [0.15, 0.2) is 42.5 Å². The summed E-state index contributed by atoms with van der Waals surface area (Å²) in [5.41, 5.74) is 4.45. The van der Waals surface area contributed by atoms with Crippen molar-refractivity contribution in [1.82, 2.24) is 15.2 Å². The lowest BCUT2D eigenvalue weighted by Crippen LogP contribution is -2.43. The van der Waals surface area contributed by atoms with E-state index in [1.165, 1.54) is 22.6 Å². The predicted octanol–water partition coefficient (Wildman–Crippen LogP) is 4.41. The Kier molecular flexibility index (Phi) is 6.14. The third-order valence-electron chi connectivity index (χ3n) is 5.97. The molecule has 2 heterocycles. The van der Waals surface area contributed by atoms with Gasteiger partial charge in [0.25, 0.3) is 0 Å². The van der Waals surface area contributed by atoms with Crippen LogP contribution in [0.1, 0.15) is 41.8 Å². The lowest BCUT2D eigenvalue weighted by atomic mass is 9.91. The standard InChI is InChI=1S/C24H23F4N3O2/c1-2-14-6-7-19-18(12-14)17-9-11-31(20(32)8-10-29-23(33)24(26,27)28)22(21(17)30-19)15-4-3-5-16(25)13-15/h3-7,12-13,22,30H,2,8-11H2,1H3,(H,29,33). The molecule has 0 radical (unpaired) electrons.